The van der Waals surface area contributed by atoms with Crippen LogP contribution in [0.15, 0.2) is 54.9 Å². The molecule has 0 fully saturated rings. The summed E-state index contributed by atoms with van der Waals surface area (Å²) in [6, 6.07) is 10.6. The van der Waals surface area contributed by atoms with Crippen LogP contribution in [0.1, 0.15) is 15.9 Å². The lowest BCUT2D eigenvalue weighted by atomic mass is 10.1. The average molecular weight is 253 g/mol. The van der Waals surface area contributed by atoms with Crippen LogP contribution in [-0.2, 0) is 5.11 Å². The van der Waals surface area contributed by atoms with Gasteiger partial charge < -0.3 is 5.32 Å². The minimum absolute atomic E-state index is 0.188. The van der Waals surface area contributed by atoms with Crippen LogP contribution in [0.4, 0.5) is 5.69 Å². The minimum Gasteiger partial charge on any atom is -0.322 e. The highest BCUT2D eigenvalue weighted by molar-refractivity contribution is 6.04. The molecule has 4 heteroatoms. The first-order chi connectivity index (χ1) is 9.29. The van der Waals surface area contributed by atoms with Crippen molar-refractivity contribution >= 4 is 17.7 Å². The highest BCUT2D eigenvalue weighted by atomic mass is 16.2. The zero-order valence-electron chi connectivity index (χ0n) is 10.2. The lowest BCUT2D eigenvalue weighted by molar-refractivity contribution is 0.102. The summed E-state index contributed by atoms with van der Waals surface area (Å²) in [5.74, 6) is -0.188. The van der Waals surface area contributed by atoms with Gasteiger partial charge in [-0.3, -0.25) is 9.78 Å². The number of carbonyl (C=O) groups excluding carboxylic acids is 1. The van der Waals surface area contributed by atoms with Crippen LogP contribution in [0.25, 0.3) is 6.08 Å². The van der Waals surface area contributed by atoms with Crippen molar-refractivity contribution < 1.29 is 9.90 Å². The van der Waals surface area contributed by atoms with Crippen LogP contribution in [0, 0.1) is 0 Å². The van der Waals surface area contributed by atoms with Gasteiger partial charge in [0.05, 0.1) is 0 Å². The first-order valence-corrected chi connectivity index (χ1v) is 5.85. The van der Waals surface area contributed by atoms with E-state index < -0.39 is 0 Å². The third kappa shape index (κ3) is 3.76. The molecule has 0 saturated heterocycles. The zero-order valence-corrected chi connectivity index (χ0v) is 10.2. The summed E-state index contributed by atoms with van der Waals surface area (Å²) in [7, 11) is 0. The van der Waals surface area contributed by atoms with Crippen LogP contribution in [0.5, 0.6) is 0 Å². The molecule has 0 unspecified atom stereocenters. The number of rotatable bonds is 4. The first kappa shape index (κ1) is 13.0. The van der Waals surface area contributed by atoms with E-state index in [9.17, 15) is 9.90 Å². The van der Waals surface area contributed by atoms with Crippen LogP contribution >= 0.6 is 0 Å². The molecule has 0 aliphatic carbocycles. The summed E-state index contributed by atoms with van der Waals surface area (Å²) < 4.78 is 0. The third-order valence-corrected chi connectivity index (χ3v) is 2.49. The summed E-state index contributed by atoms with van der Waals surface area (Å²) in [4.78, 5) is 15.8. The van der Waals surface area contributed by atoms with Crippen molar-refractivity contribution in [1.29, 1.82) is 0 Å². The second kappa shape index (κ2) is 6.47. The van der Waals surface area contributed by atoms with Crippen LogP contribution in [0.2, 0.25) is 0 Å². The highest BCUT2D eigenvalue weighted by Gasteiger charge is 2.04. The van der Waals surface area contributed by atoms with Gasteiger partial charge in [-0.2, -0.15) is 0 Å². The third-order valence-electron chi connectivity index (χ3n) is 2.49. The molecular formula is C15H13N2O2. The van der Waals surface area contributed by atoms with Crippen LogP contribution in [-0.4, -0.2) is 17.5 Å². The number of benzene rings is 1. The number of hydrogen-bond donors (Lipinski definition) is 1. The largest absolute Gasteiger partial charge is 0.322 e. The summed E-state index contributed by atoms with van der Waals surface area (Å²) in [6.07, 6.45) is 6.41. The van der Waals surface area contributed by atoms with Crippen LogP contribution in [0.3, 0.4) is 0 Å². The van der Waals surface area contributed by atoms with E-state index in [0.717, 1.165) is 5.56 Å². The molecule has 1 heterocycles. The Morgan fingerprint density at radius 2 is 2.00 bits per heavy atom. The quantitative estimate of drug-likeness (QED) is 0.910. The van der Waals surface area contributed by atoms with Gasteiger partial charge in [0.25, 0.3) is 5.91 Å². The minimum atomic E-state index is -0.256. The number of aromatic nitrogens is 1. The molecule has 0 aliphatic heterocycles. The molecule has 1 amide bonds. The normalized spacial score (nSPS) is 10.6. The van der Waals surface area contributed by atoms with E-state index in [1.807, 2.05) is 18.2 Å². The fourth-order valence-electron chi connectivity index (χ4n) is 1.61. The number of amides is 1. The van der Waals surface area contributed by atoms with E-state index in [4.69, 9.17) is 0 Å². The Morgan fingerprint density at radius 3 is 2.74 bits per heavy atom. The molecule has 1 aromatic carbocycles. The van der Waals surface area contributed by atoms with Gasteiger partial charge in [0.1, 0.15) is 6.61 Å². The number of nitrogens with one attached hydrogen (secondary N) is 1. The molecule has 0 aliphatic rings. The standard InChI is InChI=1S/C15H13N2O2/c18-10-2-4-12-3-1-5-14(11-12)17-15(19)13-6-8-16-9-7-13/h1-9,11H,10H2,(H,17,19)/b4-2+. The van der Waals surface area contributed by atoms with Gasteiger partial charge in [-0.15, -0.1) is 0 Å². The van der Waals surface area contributed by atoms with Crippen molar-refractivity contribution in [2.45, 2.75) is 0 Å². The summed E-state index contributed by atoms with van der Waals surface area (Å²) in [5.41, 5.74) is 2.12. The van der Waals surface area contributed by atoms with Crippen molar-refractivity contribution in [2.75, 3.05) is 11.9 Å². The smallest absolute Gasteiger partial charge is 0.255 e. The van der Waals surface area contributed by atoms with Crippen molar-refractivity contribution in [3.05, 3.63) is 66.0 Å². The number of nitrogens with zero attached hydrogens (tertiary/aromatic N) is 1. The topological polar surface area (TPSA) is 61.9 Å². The molecule has 95 valence electrons. The zero-order chi connectivity index (χ0) is 13.5. The molecule has 2 rings (SSSR count). The maximum atomic E-state index is 11.9. The average Bonchev–Trinajstić information content (AvgIpc) is 2.46. The van der Waals surface area contributed by atoms with Gasteiger partial charge in [0.2, 0.25) is 0 Å². The van der Waals surface area contributed by atoms with Crippen molar-refractivity contribution in [3.63, 3.8) is 0 Å². The van der Waals surface area contributed by atoms with E-state index in [1.54, 1.807) is 36.7 Å². The summed E-state index contributed by atoms with van der Waals surface area (Å²) >= 11 is 0. The van der Waals surface area contributed by atoms with E-state index in [1.165, 1.54) is 6.08 Å². The van der Waals surface area contributed by atoms with E-state index in [0.29, 0.717) is 11.3 Å². The first-order valence-electron chi connectivity index (χ1n) is 5.85. The molecule has 0 bridgehead atoms. The number of anilines is 1. The van der Waals surface area contributed by atoms with Crippen molar-refractivity contribution in [3.8, 4) is 0 Å². The van der Waals surface area contributed by atoms with Gasteiger partial charge in [-0.05, 0) is 29.8 Å². The Labute approximate surface area is 111 Å². The number of carbonyl (C=O) groups is 1. The number of hydrogen-bond acceptors (Lipinski definition) is 2. The lowest BCUT2D eigenvalue weighted by Crippen LogP contribution is -2.11. The van der Waals surface area contributed by atoms with Gasteiger partial charge in [-0.1, -0.05) is 24.3 Å². The molecule has 4 nitrogen and oxygen atoms in total. The maximum Gasteiger partial charge on any atom is 0.255 e. The molecule has 0 atom stereocenters. The Bertz CT molecular complexity index is 580. The molecule has 1 N–H and O–H groups in total. The summed E-state index contributed by atoms with van der Waals surface area (Å²) in [5, 5.41) is 13.2. The van der Waals surface area contributed by atoms with Gasteiger partial charge >= 0.3 is 0 Å². The Hall–Kier alpha value is -2.46. The second-order valence-electron chi connectivity index (χ2n) is 3.88. The molecule has 2 aromatic rings. The molecule has 1 aromatic heterocycles. The van der Waals surface area contributed by atoms with E-state index in [2.05, 4.69) is 10.3 Å². The van der Waals surface area contributed by atoms with Crippen LogP contribution < -0.4 is 5.32 Å². The summed E-state index contributed by atoms with van der Waals surface area (Å²) in [6.45, 7) is -0.256. The monoisotopic (exact) mass is 253 g/mol. The Balaban J connectivity index is 2.11. The SMILES string of the molecule is [O]C/C=C/c1cccc(NC(=O)c2ccncc2)c1. The fraction of sp³-hybridized carbons (Fsp3) is 0.0667. The predicted molar refractivity (Wildman–Crippen MR) is 73.2 cm³/mol. The van der Waals surface area contributed by atoms with Gasteiger partial charge in [0.15, 0.2) is 0 Å². The van der Waals surface area contributed by atoms with Gasteiger partial charge in [-0.25, -0.2) is 5.11 Å². The van der Waals surface area contributed by atoms with Crippen molar-refractivity contribution in [1.82, 2.24) is 4.98 Å². The van der Waals surface area contributed by atoms with Gasteiger partial charge in [0, 0.05) is 23.6 Å². The van der Waals surface area contributed by atoms with E-state index in [-0.39, 0.29) is 12.5 Å². The second-order valence-corrected chi connectivity index (χ2v) is 3.88. The maximum absolute atomic E-state index is 11.9. The molecular weight excluding hydrogens is 240 g/mol. The number of pyridine rings is 1. The highest BCUT2D eigenvalue weighted by Crippen LogP contribution is 2.13. The molecule has 1 radical (unpaired) electrons. The lowest BCUT2D eigenvalue weighted by Gasteiger charge is -2.05. The Morgan fingerprint density at radius 1 is 1.21 bits per heavy atom. The molecule has 0 spiro atoms. The van der Waals surface area contributed by atoms with Crippen molar-refractivity contribution in [2.24, 2.45) is 0 Å². The molecule has 0 saturated carbocycles. The Kier molecular flexibility index (Phi) is 4.42. The van der Waals surface area contributed by atoms with E-state index >= 15 is 0 Å². The predicted octanol–water partition coefficient (Wildman–Crippen LogP) is 2.78. The molecule has 19 heavy (non-hydrogen) atoms. The fourth-order valence-corrected chi connectivity index (χ4v) is 1.61.